The molecule has 0 fully saturated rings. The second kappa shape index (κ2) is 8.19. The van der Waals surface area contributed by atoms with Crippen LogP contribution in [0.5, 0.6) is 5.75 Å². The minimum Gasteiger partial charge on any atom is -0.476 e. The zero-order valence-electron chi connectivity index (χ0n) is 14.9. The number of benzene rings is 3. The summed E-state index contributed by atoms with van der Waals surface area (Å²) < 4.78 is 5.93. The third-order valence-electron chi connectivity index (χ3n) is 4.05. The van der Waals surface area contributed by atoms with Crippen LogP contribution >= 0.6 is 0 Å². The largest absolute Gasteiger partial charge is 0.476 e. The molecule has 0 saturated carbocycles. The van der Waals surface area contributed by atoms with Gasteiger partial charge in [-0.3, -0.25) is 9.59 Å². The van der Waals surface area contributed by atoms with Gasteiger partial charge >= 0.3 is 0 Å². The summed E-state index contributed by atoms with van der Waals surface area (Å²) in [6.07, 6.45) is -0.841. The Morgan fingerprint density at radius 1 is 0.889 bits per heavy atom. The standard InChI is InChI=1S/C22H20N2O3/c1-15-7-11-18(12-8-15)24-22(26)20(16-5-3-2-4-6-16)27-19-13-9-17(10-14-19)21(23)25/h2-14,20H,1H3,(H2,23,25)(H,24,26)/t20-/m0/s1. The highest BCUT2D eigenvalue weighted by atomic mass is 16.5. The van der Waals surface area contributed by atoms with Gasteiger partial charge in [0.15, 0.2) is 0 Å². The SMILES string of the molecule is Cc1ccc(NC(=O)[C@@H](Oc2ccc(C(N)=O)cc2)c2ccccc2)cc1. The van der Waals surface area contributed by atoms with Crippen molar-refractivity contribution in [3.05, 3.63) is 95.6 Å². The van der Waals surface area contributed by atoms with Crippen LogP contribution in [0.3, 0.4) is 0 Å². The van der Waals surface area contributed by atoms with Crippen LogP contribution < -0.4 is 15.8 Å². The Morgan fingerprint density at radius 2 is 1.52 bits per heavy atom. The van der Waals surface area contributed by atoms with Gasteiger partial charge in [-0.15, -0.1) is 0 Å². The molecule has 5 heteroatoms. The van der Waals surface area contributed by atoms with Crippen LogP contribution in [0.4, 0.5) is 5.69 Å². The molecule has 5 nitrogen and oxygen atoms in total. The van der Waals surface area contributed by atoms with E-state index in [2.05, 4.69) is 5.32 Å². The zero-order valence-corrected chi connectivity index (χ0v) is 14.9. The van der Waals surface area contributed by atoms with Crippen LogP contribution in [0, 0.1) is 6.92 Å². The molecule has 0 spiro atoms. The van der Waals surface area contributed by atoms with E-state index in [1.165, 1.54) is 0 Å². The van der Waals surface area contributed by atoms with Crippen LogP contribution in [0.15, 0.2) is 78.9 Å². The van der Waals surface area contributed by atoms with Crippen molar-refractivity contribution in [3.8, 4) is 5.75 Å². The van der Waals surface area contributed by atoms with Gasteiger partial charge in [0.25, 0.3) is 5.91 Å². The summed E-state index contributed by atoms with van der Waals surface area (Å²) in [5.41, 5.74) is 8.16. The molecule has 0 aliphatic rings. The van der Waals surface area contributed by atoms with Crippen molar-refractivity contribution < 1.29 is 14.3 Å². The van der Waals surface area contributed by atoms with E-state index in [1.807, 2.05) is 61.5 Å². The van der Waals surface area contributed by atoms with Crippen molar-refractivity contribution in [1.82, 2.24) is 0 Å². The summed E-state index contributed by atoms with van der Waals surface area (Å²) in [5.74, 6) is -0.338. The normalized spacial score (nSPS) is 11.4. The van der Waals surface area contributed by atoms with Crippen LogP contribution in [-0.2, 0) is 4.79 Å². The maximum absolute atomic E-state index is 12.9. The van der Waals surface area contributed by atoms with E-state index >= 15 is 0 Å². The number of amides is 2. The van der Waals surface area contributed by atoms with E-state index in [0.717, 1.165) is 11.1 Å². The molecule has 0 heterocycles. The second-order valence-corrected chi connectivity index (χ2v) is 6.15. The summed E-state index contributed by atoms with van der Waals surface area (Å²) in [6, 6.07) is 23.1. The Balaban J connectivity index is 1.83. The molecular formula is C22H20N2O3. The lowest BCUT2D eigenvalue weighted by molar-refractivity contribution is -0.123. The van der Waals surface area contributed by atoms with Crippen molar-refractivity contribution in [2.24, 2.45) is 5.73 Å². The van der Waals surface area contributed by atoms with Crippen LogP contribution in [0.2, 0.25) is 0 Å². The number of carbonyl (C=O) groups is 2. The fourth-order valence-corrected chi connectivity index (χ4v) is 2.58. The minimum absolute atomic E-state index is 0.288. The third-order valence-corrected chi connectivity index (χ3v) is 4.05. The molecule has 0 radical (unpaired) electrons. The Labute approximate surface area is 157 Å². The van der Waals surface area contributed by atoms with E-state index in [9.17, 15) is 9.59 Å². The second-order valence-electron chi connectivity index (χ2n) is 6.15. The molecule has 0 aliphatic heterocycles. The van der Waals surface area contributed by atoms with Gasteiger partial charge in [0, 0.05) is 16.8 Å². The lowest BCUT2D eigenvalue weighted by atomic mass is 10.1. The van der Waals surface area contributed by atoms with Gasteiger partial charge in [-0.25, -0.2) is 0 Å². The average Bonchev–Trinajstić information content (AvgIpc) is 2.69. The lowest BCUT2D eigenvalue weighted by Crippen LogP contribution is -2.25. The minimum atomic E-state index is -0.841. The molecule has 0 unspecified atom stereocenters. The molecule has 136 valence electrons. The Hall–Kier alpha value is -3.60. The van der Waals surface area contributed by atoms with Gasteiger partial charge in [0.2, 0.25) is 12.0 Å². The molecule has 0 saturated heterocycles. The number of hydrogen-bond donors (Lipinski definition) is 2. The van der Waals surface area contributed by atoms with Crippen molar-refractivity contribution in [2.45, 2.75) is 13.0 Å². The van der Waals surface area contributed by atoms with E-state index < -0.39 is 12.0 Å². The number of aryl methyl sites for hydroxylation is 1. The maximum Gasteiger partial charge on any atom is 0.270 e. The Bertz CT molecular complexity index is 920. The smallest absolute Gasteiger partial charge is 0.270 e. The van der Waals surface area contributed by atoms with Gasteiger partial charge in [0.05, 0.1) is 0 Å². The molecule has 1 atom stereocenters. The first kappa shape index (κ1) is 18.2. The third kappa shape index (κ3) is 4.73. The molecule has 0 aromatic heterocycles. The van der Waals surface area contributed by atoms with E-state index in [0.29, 0.717) is 17.0 Å². The van der Waals surface area contributed by atoms with E-state index in [1.54, 1.807) is 24.3 Å². The quantitative estimate of drug-likeness (QED) is 0.700. The van der Waals surface area contributed by atoms with Gasteiger partial charge in [-0.05, 0) is 43.3 Å². The van der Waals surface area contributed by atoms with Gasteiger partial charge in [-0.1, -0.05) is 48.0 Å². The first-order valence-corrected chi connectivity index (χ1v) is 8.52. The maximum atomic E-state index is 12.9. The van der Waals surface area contributed by atoms with Gasteiger partial charge in [0.1, 0.15) is 5.75 Å². The summed E-state index contributed by atoms with van der Waals surface area (Å²) in [4.78, 5) is 24.1. The number of nitrogens with one attached hydrogen (secondary N) is 1. The van der Waals surface area contributed by atoms with Crippen LogP contribution in [-0.4, -0.2) is 11.8 Å². The molecule has 3 aromatic carbocycles. The molecule has 3 aromatic rings. The fourth-order valence-electron chi connectivity index (χ4n) is 2.58. The van der Waals surface area contributed by atoms with Gasteiger partial charge in [-0.2, -0.15) is 0 Å². The van der Waals surface area contributed by atoms with Crippen molar-refractivity contribution in [2.75, 3.05) is 5.32 Å². The molecule has 2 amide bonds. The first-order chi connectivity index (χ1) is 13.0. The summed E-state index contributed by atoms with van der Waals surface area (Å²) in [5, 5.41) is 2.88. The number of anilines is 1. The van der Waals surface area contributed by atoms with E-state index in [4.69, 9.17) is 10.5 Å². The van der Waals surface area contributed by atoms with Crippen LogP contribution in [0.25, 0.3) is 0 Å². The average molecular weight is 360 g/mol. The molecule has 3 rings (SSSR count). The van der Waals surface area contributed by atoms with Gasteiger partial charge < -0.3 is 15.8 Å². The van der Waals surface area contributed by atoms with Crippen molar-refractivity contribution >= 4 is 17.5 Å². The summed E-state index contributed by atoms with van der Waals surface area (Å²) in [7, 11) is 0. The van der Waals surface area contributed by atoms with Crippen molar-refractivity contribution in [3.63, 3.8) is 0 Å². The highest BCUT2D eigenvalue weighted by Crippen LogP contribution is 2.24. The van der Waals surface area contributed by atoms with Crippen molar-refractivity contribution in [1.29, 1.82) is 0 Å². The summed E-state index contributed by atoms with van der Waals surface area (Å²) in [6.45, 7) is 1.98. The zero-order chi connectivity index (χ0) is 19.2. The van der Waals surface area contributed by atoms with Crippen LogP contribution in [0.1, 0.15) is 27.6 Å². The molecular weight excluding hydrogens is 340 g/mol. The number of ether oxygens (including phenoxy) is 1. The molecule has 0 bridgehead atoms. The predicted molar refractivity (Wildman–Crippen MR) is 105 cm³/mol. The lowest BCUT2D eigenvalue weighted by Gasteiger charge is -2.19. The number of hydrogen-bond acceptors (Lipinski definition) is 3. The van der Waals surface area contributed by atoms with E-state index in [-0.39, 0.29) is 5.91 Å². The number of primary amides is 1. The number of carbonyl (C=O) groups excluding carboxylic acids is 2. The topological polar surface area (TPSA) is 81.4 Å². The summed E-state index contributed by atoms with van der Waals surface area (Å²) >= 11 is 0. The number of nitrogens with two attached hydrogens (primary N) is 1. The Kier molecular flexibility index (Phi) is 5.52. The first-order valence-electron chi connectivity index (χ1n) is 8.52. The predicted octanol–water partition coefficient (Wildman–Crippen LogP) is 3.85. The fraction of sp³-hybridized carbons (Fsp3) is 0.0909. The molecule has 27 heavy (non-hydrogen) atoms. The highest BCUT2D eigenvalue weighted by Gasteiger charge is 2.23. The Morgan fingerprint density at radius 3 is 2.11 bits per heavy atom. The molecule has 3 N–H and O–H groups in total. The molecule has 0 aliphatic carbocycles. The highest BCUT2D eigenvalue weighted by molar-refractivity contribution is 5.95. The monoisotopic (exact) mass is 360 g/mol. The number of rotatable bonds is 6.